The summed E-state index contributed by atoms with van der Waals surface area (Å²) >= 11 is 0. The minimum absolute atomic E-state index is 1.06. The average Bonchev–Trinajstić information content (AvgIpc) is 3.77. The number of hydrogen-bond donors (Lipinski definition) is 0. The lowest BCUT2D eigenvalue weighted by atomic mass is 9.93. The molecule has 4 nitrogen and oxygen atoms in total. The number of aromatic nitrogens is 1. The molecular weight excluding hydrogens is 849 g/mol. The van der Waals surface area contributed by atoms with Gasteiger partial charge in [0.2, 0.25) is 0 Å². The van der Waals surface area contributed by atoms with Gasteiger partial charge in [-0.25, -0.2) is 0 Å². The van der Waals surface area contributed by atoms with Crippen LogP contribution >= 0.6 is 0 Å². The van der Waals surface area contributed by atoms with E-state index in [0.29, 0.717) is 0 Å². The van der Waals surface area contributed by atoms with Crippen molar-refractivity contribution in [2.24, 2.45) is 0 Å². The van der Waals surface area contributed by atoms with Crippen LogP contribution in [-0.2, 0) is 0 Å². The van der Waals surface area contributed by atoms with Gasteiger partial charge in [-0.1, -0.05) is 164 Å². The number of nitrogens with zero attached hydrogens (tertiary/aromatic N) is 4. The van der Waals surface area contributed by atoms with Gasteiger partial charge in [-0.05, 0) is 139 Å². The standard InChI is InChI=1S/C66H48N4/c1-8-24-51(25-9-1)67(52-26-10-2-11-27-52)58-43-40-49(41-44-58)60-47-66(69(55-32-16-5-17-33-55)56-34-18-6-19-35-56)61(48-65(60)68(53-28-12-3-13-29-53)54-30-14-4-15-31-54)50-42-45-64-62(46-50)59-38-22-23-39-63(59)70(64)57-36-20-7-21-37-57/h1-48H. The summed E-state index contributed by atoms with van der Waals surface area (Å²) in [6.45, 7) is 0. The van der Waals surface area contributed by atoms with Crippen molar-refractivity contribution in [3.63, 3.8) is 0 Å². The minimum atomic E-state index is 1.06. The zero-order valence-corrected chi connectivity index (χ0v) is 38.5. The Bertz CT molecular complexity index is 3560. The quantitative estimate of drug-likeness (QED) is 0.121. The van der Waals surface area contributed by atoms with Gasteiger partial charge >= 0.3 is 0 Å². The minimum Gasteiger partial charge on any atom is -0.311 e. The lowest BCUT2D eigenvalue weighted by Gasteiger charge is -2.33. The second-order valence-electron chi connectivity index (χ2n) is 17.4. The van der Waals surface area contributed by atoms with Crippen molar-refractivity contribution < 1.29 is 0 Å². The van der Waals surface area contributed by atoms with E-state index in [1.807, 2.05) is 0 Å². The van der Waals surface area contributed by atoms with Crippen LogP contribution in [0.5, 0.6) is 0 Å². The average molecular weight is 897 g/mol. The molecule has 1 aromatic heterocycles. The van der Waals surface area contributed by atoms with Gasteiger partial charge in [-0.15, -0.1) is 0 Å². The highest BCUT2D eigenvalue weighted by atomic mass is 15.2. The number of hydrogen-bond acceptors (Lipinski definition) is 3. The summed E-state index contributed by atoms with van der Waals surface area (Å²) < 4.78 is 2.39. The normalized spacial score (nSPS) is 11.1. The molecule has 0 saturated carbocycles. The number of fused-ring (bicyclic) bond motifs is 3. The molecule has 332 valence electrons. The van der Waals surface area contributed by atoms with Crippen LogP contribution in [-0.4, -0.2) is 4.57 Å². The van der Waals surface area contributed by atoms with E-state index in [1.165, 1.54) is 16.3 Å². The molecule has 4 heteroatoms. The first kappa shape index (κ1) is 42.0. The van der Waals surface area contributed by atoms with E-state index < -0.39 is 0 Å². The van der Waals surface area contributed by atoms with Gasteiger partial charge in [0, 0.05) is 67.4 Å². The third-order valence-electron chi connectivity index (χ3n) is 13.1. The maximum absolute atomic E-state index is 2.43. The summed E-state index contributed by atoms with van der Waals surface area (Å²) in [5.74, 6) is 0. The first-order valence-corrected chi connectivity index (χ1v) is 23.8. The molecule has 0 aliphatic rings. The van der Waals surface area contributed by atoms with Gasteiger partial charge in [0.05, 0.1) is 22.4 Å². The summed E-state index contributed by atoms with van der Waals surface area (Å²) in [4.78, 5) is 7.14. The van der Waals surface area contributed by atoms with Crippen LogP contribution in [0.25, 0.3) is 49.7 Å². The fourth-order valence-electron chi connectivity index (χ4n) is 9.96. The Morgan fingerprint density at radius 2 is 0.557 bits per heavy atom. The number of anilines is 9. The SMILES string of the molecule is c1ccc(N(c2ccccc2)c2ccc(-c3cc(N(c4ccccc4)c4ccccc4)c(-c4ccc5c(c4)c4ccccc4n5-c4ccccc4)cc3N(c3ccccc3)c3ccccc3)cc2)cc1. The fraction of sp³-hybridized carbons (Fsp3) is 0. The molecule has 0 radical (unpaired) electrons. The second-order valence-corrected chi connectivity index (χ2v) is 17.4. The predicted molar refractivity (Wildman–Crippen MR) is 296 cm³/mol. The molecule has 70 heavy (non-hydrogen) atoms. The molecule has 0 N–H and O–H groups in total. The van der Waals surface area contributed by atoms with Crippen molar-refractivity contribution in [2.75, 3.05) is 14.7 Å². The summed E-state index contributed by atoms with van der Waals surface area (Å²) in [5, 5.41) is 2.40. The van der Waals surface area contributed by atoms with Gasteiger partial charge in [0.25, 0.3) is 0 Å². The van der Waals surface area contributed by atoms with Crippen LogP contribution < -0.4 is 14.7 Å². The highest BCUT2D eigenvalue weighted by Crippen LogP contribution is 2.50. The highest BCUT2D eigenvalue weighted by molar-refractivity contribution is 6.11. The molecule has 12 aromatic rings. The van der Waals surface area contributed by atoms with Gasteiger partial charge in [-0.3, -0.25) is 0 Å². The Labute approximate surface area is 409 Å². The summed E-state index contributed by atoms with van der Waals surface area (Å²) in [6, 6.07) is 105. The van der Waals surface area contributed by atoms with Gasteiger partial charge in [-0.2, -0.15) is 0 Å². The van der Waals surface area contributed by atoms with E-state index in [-0.39, 0.29) is 0 Å². The number of rotatable bonds is 12. The second kappa shape index (κ2) is 18.7. The van der Waals surface area contributed by atoms with E-state index >= 15 is 0 Å². The first-order valence-electron chi connectivity index (χ1n) is 23.8. The van der Waals surface area contributed by atoms with Gasteiger partial charge in [0.1, 0.15) is 0 Å². The lowest BCUT2D eigenvalue weighted by molar-refractivity contribution is 1.18. The summed E-state index contributed by atoms with van der Waals surface area (Å²) in [5.41, 5.74) is 17.5. The van der Waals surface area contributed by atoms with E-state index in [2.05, 4.69) is 310 Å². The predicted octanol–water partition coefficient (Wildman–Crippen LogP) is 18.5. The summed E-state index contributed by atoms with van der Waals surface area (Å²) in [6.07, 6.45) is 0. The van der Waals surface area contributed by atoms with Gasteiger partial charge in [0.15, 0.2) is 0 Å². The first-order chi connectivity index (χ1) is 34.8. The van der Waals surface area contributed by atoms with Crippen LogP contribution in [0.4, 0.5) is 51.2 Å². The molecule has 11 aromatic carbocycles. The van der Waals surface area contributed by atoms with Crippen molar-refractivity contribution in [1.82, 2.24) is 4.57 Å². The molecule has 0 aliphatic carbocycles. The van der Waals surface area contributed by atoms with E-state index in [9.17, 15) is 0 Å². The molecule has 0 bridgehead atoms. The van der Waals surface area contributed by atoms with Crippen molar-refractivity contribution in [3.8, 4) is 27.9 Å². The fourth-order valence-corrected chi connectivity index (χ4v) is 9.96. The molecule has 1 heterocycles. The van der Waals surface area contributed by atoms with Crippen LogP contribution in [0.2, 0.25) is 0 Å². The lowest BCUT2D eigenvalue weighted by Crippen LogP contribution is -2.15. The molecular formula is C66H48N4. The third kappa shape index (κ3) is 7.93. The Kier molecular flexibility index (Phi) is 11.2. The van der Waals surface area contributed by atoms with Crippen molar-refractivity contribution in [3.05, 3.63) is 291 Å². The molecule has 0 unspecified atom stereocenters. The molecule has 0 spiro atoms. The topological polar surface area (TPSA) is 14.7 Å². The summed E-state index contributed by atoms with van der Waals surface area (Å²) in [7, 11) is 0. The Morgan fingerprint density at radius 1 is 0.229 bits per heavy atom. The van der Waals surface area contributed by atoms with E-state index in [4.69, 9.17) is 0 Å². The number of para-hydroxylation sites is 8. The van der Waals surface area contributed by atoms with Crippen LogP contribution in [0, 0.1) is 0 Å². The molecule has 12 rings (SSSR count). The zero-order valence-electron chi connectivity index (χ0n) is 38.5. The molecule has 0 fully saturated rings. The van der Waals surface area contributed by atoms with Crippen LogP contribution in [0.15, 0.2) is 291 Å². The van der Waals surface area contributed by atoms with Crippen molar-refractivity contribution in [2.45, 2.75) is 0 Å². The molecule has 0 amide bonds. The smallest absolute Gasteiger partial charge is 0.0547 e. The maximum atomic E-state index is 2.43. The van der Waals surface area contributed by atoms with E-state index in [1.54, 1.807) is 0 Å². The Morgan fingerprint density at radius 3 is 1.00 bits per heavy atom. The monoisotopic (exact) mass is 896 g/mol. The highest BCUT2D eigenvalue weighted by Gasteiger charge is 2.26. The van der Waals surface area contributed by atoms with Crippen LogP contribution in [0.1, 0.15) is 0 Å². The Balaban J connectivity index is 1.15. The molecule has 0 saturated heterocycles. The van der Waals surface area contributed by atoms with Crippen molar-refractivity contribution in [1.29, 1.82) is 0 Å². The van der Waals surface area contributed by atoms with E-state index in [0.717, 1.165) is 84.6 Å². The molecule has 0 atom stereocenters. The maximum Gasteiger partial charge on any atom is 0.0547 e. The third-order valence-corrected chi connectivity index (χ3v) is 13.1. The zero-order chi connectivity index (χ0) is 46.6. The number of benzene rings is 11. The van der Waals surface area contributed by atoms with Crippen molar-refractivity contribution >= 4 is 73.0 Å². The van der Waals surface area contributed by atoms with Crippen LogP contribution in [0.3, 0.4) is 0 Å². The molecule has 0 aliphatic heterocycles. The van der Waals surface area contributed by atoms with Gasteiger partial charge < -0.3 is 19.3 Å². The Hall–Kier alpha value is -9.38. The largest absolute Gasteiger partial charge is 0.311 e.